The molecule has 1 aliphatic heterocycles. The summed E-state index contributed by atoms with van der Waals surface area (Å²) in [7, 11) is 0. The molecule has 1 atom stereocenters. The molecule has 0 saturated carbocycles. The summed E-state index contributed by atoms with van der Waals surface area (Å²) in [5, 5.41) is 3.41. The zero-order valence-corrected chi connectivity index (χ0v) is 13.8. The van der Waals surface area contributed by atoms with Crippen molar-refractivity contribution >= 4 is 29.1 Å². The van der Waals surface area contributed by atoms with Gasteiger partial charge in [-0.2, -0.15) is 0 Å². The summed E-state index contributed by atoms with van der Waals surface area (Å²) in [4.78, 5) is 27.8. The highest BCUT2D eigenvalue weighted by atomic mass is 35.5. The van der Waals surface area contributed by atoms with Crippen molar-refractivity contribution in [2.75, 3.05) is 31.1 Å². The van der Waals surface area contributed by atoms with Gasteiger partial charge in [0.2, 0.25) is 0 Å². The number of rotatable bonds is 3. The van der Waals surface area contributed by atoms with Gasteiger partial charge < -0.3 is 15.1 Å². The molecule has 1 aromatic carbocycles. The topological polar surface area (TPSA) is 52.7 Å². The van der Waals surface area contributed by atoms with Crippen LogP contribution < -0.4 is 10.2 Å². The largest absolute Gasteiger partial charge is 0.368 e. The van der Waals surface area contributed by atoms with Gasteiger partial charge in [0.05, 0.1) is 0 Å². The lowest BCUT2D eigenvalue weighted by Gasteiger charge is -2.35. The van der Waals surface area contributed by atoms with Crippen LogP contribution in [-0.2, 0) is 9.59 Å². The van der Waals surface area contributed by atoms with E-state index >= 15 is 0 Å². The van der Waals surface area contributed by atoms with Crippen LogP contribution in [0.3, 0.4) is 0 Å². The minimum absolute atomic E-state index is 0.0178. The summed E-state index contributed by atoms with van der Waals surface area (Å²) in [5.74, 6) is -0.948. The molecular weight excluding hydrogens is 302 g/mol. The fourth-order valence-electron chi connectivity index (χ4n) is 2.37. The summed E-state index contributed by atoms with van der Waals surface area (Å²) < 4.78 is 0. The van der Waals surface area contributed by atoms with Crippen molar-refractivity contribution in [3.05, 3.63) is 29.3 Å². The van der Waals surface area contributed by atoms with E-state index in [1.54, 1.807) is 4.90 Å². The van der Waals surface area contributed by atoms with Crippen LogP contribution in [0.5, 0.6) is 0 Å². The zero-order valence-electron chi connectivity index (χ0n) is 13.0. The van der Waals surface area contributed by atoms with Gasteiger partial charge in [0.1, 0.15) is 0 Å². The highest BCUT2D eigenvalue weighted by Gasteiger charge is 2.26. The fourth-order valence-corrected chi connectivity index (χ4v) is 2.56. The van der Waals surface area contributed by atoms with Gasteiger partial charge in [-0.05, 0) is 31.5 Å². The molecular formula is C16H22ClN3O2. The monoisotopic (exact) mass is 323 g/mol. The van der Waals surface area contributed by atoms with Gasteiger partial charge >= 0.3 is 11.8 Å². The smallest absolute Gasteiger partial charge is 0.312 e. The maximum Gasteiger partial charge on any atom is 0.312 e. The Labute approximate surface area is 136 Å². The number of hydrogen-bond acceptors (Lipinski definition) is 3. The van der Waals surface area contributed by atoms with Gasteiger partial charge in [0.15, 0.2) is 0 Å². The van der Waals surface area contributed by atoms with E-state index in [0.29, 0.717) is 31.2 Å². The summed E-state index contributed by atoms with van der Waals surface area (Å²) in [6.07, 6.45) is 0.807. The Morgan fingerprint density at radius 1 is 1.27 bits per heavy atom. The molecule has 1 saturated heterocycles. The van der Waals surface area contributed by atoms with E-state index in [0.717, 1.165) is 12.1 Å². The van der Waals surface area contributed by atoms with E-state index < -0.39 is 11.8 Å². The number of anilines is 1. The van der Waals surface area contributed by atoms with Crippen molar-refractivity contribution < 1.29 is 9.59 Å². The third kappa shape index (κ3) is 4.13. The quantitative estimate of drug-likeness (QED) is 0.864. The first-order chi connectivity index (χ1) is 10.5. The van der Waals surface area contributed by atoms with E-state index in [9.17, 15) is 9.59 Å². The molecule has 2 rings (SSSR count). The van der Waals surface area contributed by atoms with E-state index in [1.165, 1.54) is 0 Å². The first kappa shape index (κ1) is 16.6. The number of benzene rings is 1. The second-order valence-electron chi connectivity index (χ2n) is 5.54. The van der Waals surface area contributed by atoms with Crippen molar-refractivity contribution in [2.45, 2.75) is 26.3 Å². The average molecular weight is 324 g/mol. The third-order valence-electron chi connectivity index (χ3n) is 3.92. The van der Waals surface area contributed by atoms with Crippen molar-refractivity contribution in [3.8, 4) is 0 Å². The summed E-state index contributed by atoms with van der Waals surface area (Å²) in [6, 6.07) is 7.68. The zero-order chi connectivity index (χ0) is 16.1. The fraction of sp³-hybridized carbons (Fsp3) is 0.500. The number of carbonyl (C=O) groups excluding carboxylic acids is 2. The van der Waals surface area contributed by atoms with Crippen LogP contribution in [0.2, 0.25) is 5.02 Å². The Hall–Kier alpha value is -1.75. The number of amides is 2. The lowest BCUT2D eigenvalue weighted by Crippen LogP contribution is -2.53. The molecule has 1 unspecified atom stereocenters. The molecule has 5 nitrogen and oxygen atoms in total. The van der Waals surface area contributed by atoms with Gasteiger partial charge in [-0.1, -0.05) is 24.6 Å². The van der Waals surface area contributed by atoms with Crippen LogP contribution in [0.15, 0.2) is 24.3 Å². The first-order valence-electron chi connectivity index (χ1n) is 7.61. The second-order valence-corrected chi connectivity index (χ2v) is 5.98. The number of halogens is 1. The number of nitrogens with zero attached hydrogens (tertiary/aromatic N) is 2. The number of hydrogen-bond donors (Lipinski definition) is 1. The van der Waals surface area contributed by atoms with Crippen molar-refractivity contribution in [2.24, 2.45) is 0 Å². The standard InChI is InChI=1S/C16H22ClN3O2/c1-3-12(2)18-15(21)16(22)20-9-7-19(8-10-20)14-6-4-5-13(17)11-14/h4-6,11-12H,3,7-10H2,1-2H3,(H,18,21). The van der Waals surface area contributed by atoms with Crippen molar-refractivity contribution in [1.82, 2.24) is 10.2 Å². The lowest BCUT2D eigenvalue weighted by molar-refractivity contribution is -0.146. The molecule has 0 bridgehead atoms. The van der Waals surface area contributed by atoms with E-state index in [1.807, 2.05) is 38.1 Å². The molecule has 1 aromatic rings. The Morgan fingerprint density at radius 3 is 2.55 bits per heavy atom. The Bertz CT molecular complexity index is 542. The molecule has 1 N–H and O–H groups in total. The van der Waals surface area contributed by atoms with Gasteiger partial charge in [-0.15, -0.1) is 0 Å². The van der Waals surface area contributed by atoms with E-state index in [4.69, 9.17) is 11.6 Å². The highest BCUT2D eigenvalue weighted by molar-refractivity contribution is 6.35. The molecule has 1 heterocycles. The molecule has 0 aromatic heterocycles. The Kier molecular flexibility index (Phi) is 5.66. The van der Waals surface area contributed by atoms with Gasteiger partial charge in [0, 0.05) is 42.9 Å². The van der Waals surface area contributed by atoms with Crippen LogP contribution in [-0.4, -0.2) is 48.9 Å². The van der Waals surface area contributed by atoms with Crippen LogP contribution >= 0.6 is 11.6 Å². The normalized spacial score (nSPS) is 16.3. The molecule has 2 amide bonds. The molecule has 0 aliphatic carbocycles. The SMILES string of the molecule is CCC(C)NC(=O)C(=O)N1CCN(c2cccc(Cl)c2)CC1. The van der Waals surface area contributed by atoms with Crippen molar-refractivity contribution in [1.29, 1.82) is 0 Å². The van der Waals surface area contributed by atoms with E-state index in [2.05, 4.69) is 10.2 Å². The van der Waals surface area contributed by atoms with Gasteiger partial charge in [-0.3, -0.25) is 9.59 Å². The highest BCUT2D eigenvalue weighted by Crippen LogP contribution is 2.20. The molecule has 120 valence electrons. The third-order valence-corrected chi connectivity index (χ3v) is 4.16. The van der Waals surface area contributed by atoms with E-state index in [-0.39, 0.29) is 6.04 Å². The summed E-state index contributed by atoms with van der Waals surface area (Å²) >= 11 is 6.00. The first-order valence-corrected chi connectivity index (χ1v) is 7.99. The average Bonchev–Trinajstić information content (AvgIpc) is 2.54. The molecule has 1 fully saturated rings. The number of piperazine rings is 1. The number of nitrogens with one attached hydrogen (secondary N) is 1. The predicted octanol–water partition coefficient (Wildman–Crippen LogP) is 1.90. The summed E-state index contributed by atoms with van der Waals surface area (Å²) in [5.41, 5.74) is 1.05. The molecule has 0 spiro atoms. The maximum atomic E-state index is 12.1. The van der Waals surface area contributed by atoms with Crippen LogP contribution in [0.25, 0.3) is 0 Å². The van der Waals surface area contributed by atoms with Crippen LogP contribution in [0.1, 0.15) is 20.3 Å². The maximum absolute atomic E-state index is 12.1. The summed E-state index contributed by atoms with van der Waals surface area (Å²) in [6.45, 7) is 6.34. The lowest BCUT2D eigenvalue weighted by atomic mass is 10.2. The Balaban J connectivity index is 1.89. The number of carbonyl (C=O) groups is 2. The minimum atomic E-state index is -0.509. The van der Waals surface area contributed by atoms with Crippen LogP contribution in [0.4, 0.5) is 5.69 Å². The molecule has 22 heavy (non-hydrogen) atoms. The molecule has 6 heteroatoms. The predicted molar refractivity (Wildman–Crippen MR) is 88.1 cm³/mol. The minimum Gasteiger partial charge on any atom is -0.368 e. The molecule has 0 radical (unpaired) electrons. The van der Waals surface area contributed by atoms with Gasteiger partial charge in [0.25, 0.3) is 0 Å². The second kappa shape index (κ2) is 7.49. The molecule has 1 aliphatic rings. The van der Waals surface area contributed by atoms with Crippen LogP contribution in [0, 0.1) is 0 Å². The Morgan fingerprint density at radius 2 is 1.95 bits per heavy atom. The van der Waals surface area contributed by atoms with Gasteiger partial charge in [-0.25, -0.2) is 0 Å². The van der Waals surface area contributed by atoms with Crippen molar-refractivity contribution in [3.63, 3.8) is 0 Å².